The number of nitrogens with zero attached hydrogens (tertiary/aromatic N) is 2. The summed E-state index contributed by atoms with van der Waals surface area (Å²) >= 11 is 0. The second kappa shape index (κ2) is 5.40. The zero-order valence-electron chi connectivity index (χ0n) is 10.5. The molecule has 1 aromatic rings. The molecule has 0 unspecified atom stereocenters. The maximum atomic E-state index is 11.5. The van der Waals surface area contributed by atoms with Gasteiger partial charge in [-0.25, -0.2) is 0 Å². The van der Waals surface area contributed by atoms with E-state index in [-0.39, 0.29) is 12.5 Å². The van der Waals surface area contributed by atoms with E-state index in [9.17, 15) is 9.59 Å². The van der Waals surface area contributed by atoms with E-state index in [1.807, 2.05) is 12.1 Å². The smallest absolute Gasteiger partial charge is 0.322 e. The van der Waals surface area contributed by atoms with Crippen LogP contribution >= 0.6 is 0 Å². The van der Waals surface area contributed by atoms with Crippen molar-refractivity contribution in [3.8, 4) is 11.8 Å². The zero-order valence-corrected chi connectivity index (χ0v) is 10.5. The summed E-state index contributed by atoms with van der Waals surface area (Å²) in [6.07, 6.45) is 0.586. The molecule has 0 fully saturated rings. The second-order valence-electron chi connectivity index (χ2n) is 4.16. The van der Waals surface area contributed by atoms with E-state index in [2.05, 4.69) is 5.32 Å². The monoisotopic (exact) mass is 259 g/mol. The Hall–Kier alpha value is -2.55. The van der Waals surface area contributed by atoms with Crippen LogP contribution < -0.4 is 15.0 Å². The number of carbonyl (C=O) groups excluding carboxylic acids is 2. The minimum absolute atomic E-state index is 0.0566. The quantitative estimate of drug-likeness (QED) is 0.787. The topological polar surface area (TPSA) is 82.4 Å². The fraction of sp³-hybridized carbons (Fsp3) is 0.308. The van der Waals surface area contributed by atoms with Gasteiger partial charge in [0.15, 0.2) is 12.7 Å². The van der Waals surface area contributed by atoms with E-state index in [0.717, 1.165) is 11.3 Å². The third-order valence-corrected chi connectivity index (χ3v) is 2.91. The third kappa shape index (κ3) is 2.83. The van der Waals surface area contributed by atoms with E-state index < -0.39 is 5.91 Å². The van der Waals surface area contributed by atoms with Crippen LogP contribution in [0.3, 0.4) is 0 Å². The van der Waals surface area contributed by atoms with Crippen LogP contribution in [0.15, 0.2) is 18.2 Å². The van der Waals surface area contributed by atoms with Crippen LogP contribution in [-0.4, -0.2) is 32.0 Å². The normalized spacial score (nSPS) is 13.3. The number of hydrogen-bond donors (Lipinski definition) is 1. The van der Waals surface area contributed by atoms with Crippen molar-refractivity contribution in [2.75, 3.05) is 25.1 Å². The van der Waals surface area contributed by atoms with Gasteiger partial charge in [0.2, 0.25) is 0 Å². The number of likely N-dealkylation sites (N-methyl/N-ethyl adjacent to an activating group) is 1. The third-order valence-electron chi connectivity index (χ3n) is 2.91. The van der Waals surface area contributed by atoms with Crippen molar-refractivity contribution >= 4 is 17.5 Å². The van der Waals surface area contributed by atoms with Gasteiger partial charge in [-0.3, -0.25) is 9.59 Å². The van der Waals surface area contributed by atoms with E-state index in [0.29, 0.717) is 18.7 Å². The van der Waals surface area contributed by atoms with E-state index in [4.69, 9.17) is 10.00 Å². The Kier molecular flexibility index (Phi) is 3.66. The van der Waals surface area contributed by atoms with Crippen molar-refractivity contribution in [2.45, 2.75) is 6.42 Å². The summed E-state index contributed by atoms with van der Waals surface area (Å²) in [5.74, 6) is -0.0667. The van der Waals surface area contributed by atoms with Gasteiger partial charge in [-0.2, -0.15) is 5.26 Å². The number of anilines is 1. The molecule has 0 spiro atoms. The molecule has 98 valence electrons. The molecule has 2 rings (SSSR count). The number of nitrogens with one attached hydrogen (secondary N) is 1. The molecule has 0 saturated heterocycles. The van der Waals surface area contributed by atoms with Crippen molar-refractivity contribution in [3.05, 3.63) is 23.8 Å². The van der Waals surface area contributed by atoms with Crippen molar-refractivity contribution in [1.29, 1.82) is 5.26 Å². The van der Waals surface area contributed by atoms with E-state index in [1.165, 1.54) is 6.07 Å². The summed E-state index contributed by atoms with van der Waals surface area (Å²) in [4.78, 5) is 23.9. The van der Waals surface area contributed by atoms with Crippen LogP contribution in [0.4, 0.5) is 5.69 Å². The van der Waals surface area contributed by atoms with Gasteiger partial charge < -0.3 is 15.0 Å². The Balaban J connectivity index is 2.06. The van der Waals surface area contributed by atoms with Crippen LogP contribution in [0.2, 0.25) is 0 Å². The first kappa shape index (κ1) is 12.9. The summed E-state index contributed by atoms with van der Waals surface area (Å²) in [6, 6.07) is 7.02. The van der Waals surface area contributed by atoms with Crippen molar-refractivity contribution in [3.63, 3.8) is 0 Å². The van der Waals surface area contributed by atoms with Gasteiger partial charge in [0.1, 0.15) is 5.75 Å². The highest BCUT2D eigenvalue weighted by molar-refractivity contribution is 5.97. The predicted molar refractivity (Wildman–Crippen MR) is 67.7 cm³/mol. The molecule has 0 aromatic heterocycles. The molecule has 6 nitrogen and oxygen atoms in total. The molecule has 0 saturated carbocycles. The summed E-state index contributed by atoms with van der Waals surface area (Å²) in [7, 11) is 1.70. The Morgan fingerprint density at radius 2 is 2.37 bits per heavy atom. The molecule has 1 aromatic carbocycles. The largest absolute Gasteiger partial charge is 0.482 e. The lowest BCUT2D eigenvalue weighted by Gasteiger charge is -2.26. The molecule has 19 heavy (non-hydrogen) atoms. The highest BCUT2D eigenvalue weighted by Crippen LogP contribution is 2.31. The Morgan fingerprint density at radius 1 is 1.58 bits per heavy atom. The Morgan fingerprint density at radius 3 is 3.11 bits per heavy atom. The van der Waals surface area contributed by atoms with Crippen molar-refractivity contribution in [2.24, 2.45) is 0 Å². The highest BCUT2D eigenvalue weighted by Gasteiger charge is 2.22. The molecule has 2 amide bonds. The van der Waals surface area contributed by atoms with Gasteiger partial charge in [-0.1, -0.05) is 6.07 Å². The summed E-state index contributed by atoms with van der Waals surface area (Å²) in [5.41, 5.74) is 1.68. The number of carbonyl (C=O) groups is 2. The maximum absolute atomic E-state index is 11.5. The fourth-order valence-electron chi connectivity index (χ4n) is 1.83. The van der Waals surface area contributed by atoms with E-state index in [1.54, 1.807) is 18.0 Å². The minimum Gasteiger partial charge on any atom is -0.482 e. The summed E-state index contributed by atoms with van der Waals surface area (Å²) in [6.45, 7) is 0.435. The Labute approximate surface area is 110 Å². The van der Waals surface area contributed by atoms with Gasteiger partial charge in [-0.05, 0) is 24.1 Å². The number of hydrogen-bond acceptors (Lipinski definition) is 4. The molecular formula is C13H13N3O3. The van der Waals surface area contributed by atoms with Gasteiger partial charge >= 0.3 is 5.91 Å². The summed E-state index contributed by atoms with van der Waals surface area (Å²) in [5, 5.41) is 10.8. The average molecular weight is 259 g/mol. The molecule has 0 atom stereocenters. The van der Waals surface area contributed by atoms with Gasteiger partial charge in [0, 0.05) is 13.6 Å². The first-order valence-corrected chi connectivity index (χ1v) is 5.82. The first-order valence-electron chi connectivity index (χ1n) is 5.82. The second-order valence-corrected chi connectivity index (χ2v) is 4.16. The predicted octanol–water partition coefficient (Wildman–Crippen LogP) is 0.224. The molecular weight excluding hydrogens is 246 g/mol. The van der Waals surface area contributed by atoms with Crippen LogP contribution in [0, 0.1) is 11.3 Å². The van der Waals surface area contributed by atoms with Gasteiger partial charge in [-0.15, -0.1) is 0 Å². The molecule has 1 N–H and O–H groups in total. The number of fused-ring (bicyclic) bond motifs is 1. The lowest BCUT2D eigenvalue weighted by Crippen LogP contribution is -2.35. The lowest BCUT2D eigenvalue weighted by atomic mass is 10.1. The number of ether oxygens (including phenoxy) is 1. The Bertz CT molecular complexity index is 563. The number of rotatable bonds is 3. The standard InChI is InChI=1S/C13H13N3O3/c1-16-10-6-9(4-5-15-12(17)7-14)2-3-11(10)19-8-13(16)18/h2-3,6H,4-5,8H2,1H3,(H,15,17). The molecule has 0 aliphatic carbocycles. The molecule has 6 heteroatoms. The number of benzene rings is 1. The van der Waals surface area contributed by atoms with E-state index >= 15 is 0 Å². The first-order chi connectivity index (χ1) is 9.11. The van der Waals surface area contributed by atoms with Crippen LogP contribution in [0.5, 0.6) is 5.75 Å². The van der Waals surface area contributed by atoms with Crippen LogP contribution in [-0.2, 0) is 16.0 Å². The average Bonchev–Trinajstić information content (AvgIpc) is 2.43. The van der Waals surface area contributed by atoms with Crippen LogP contribution in [0.1, 0.15) is 5.56 Å². The fourth-order valence-corrected chi connectivity index (χ4v) is 1.83. The van der Waals surface area contributed by atoms with Crippen molar-refractivity contribution in [1.82, 2.24) is 5.32 Å². The minimum atomic E-state index is -0.645. The van der Waals surface area contributed by atoms with Gasteiger partial charge in [0.05, 0.1) is 5.69 Å². The number of amides is 2. The molecule has 0 bridgehead atoms. The maximum Gasteiger partial charge on any atom is 0.322 e. The molecule has 1 aliphatic heterocycles. The van der Waals surface area contributed by atoms with Crippen LogP contribution in [0.25, 0.3) is 0 Å². The SMILES string of the molecule is CN1C(=O)COc2ccc(CCNC(=O)C#N)cc21. The lowest BCUT2D eigenvalue weighted by molar-refractivity contribution is -0.121. The summed E-state index contributed by atoms with van der Waals surface area (Å²) < 4.78 is 5.32. The molecule has 1 aliphatic rings. The highest BCUT2D eigenvalue weighted by atomic mass is 16.5. The van der Waals surface area contributed by atoms with Gasteiger partial charge in [0.25, 0.3) is 5.91 Å². The molecule has 1 heterocycles. The number of nitriles is 1. The zero-order chi connectivity index (χ0) is 13.8. The van der Waals surface area contributed by atoms with Crippen molar-refractivity contribution < 1.29 is 14.3 Å². The molecule has 0 radical (unpaired) electrons.